The second-order valence-corrected chi connectivity index (χ2v) is 7.59. The van der Waals surface area contributed by atoms with E-state index < -0.39 is 5.92 Å². The van der Waals surface area contributed by atoms with Crippen molar-refractivity contribution in [2.24, 2.45) is 0 Å². The zero-order valence-corrected chi connectivity index (χ0v) is 16.0. The number of anilines is 2. The van der Waals surface area contributed by atoms with Crippen molar-refractivity contribution in [3.05, 3.63) is 47.8 Å². The van der Waals surface area contributed by atoms with Crippen LogP contribution in [0.3, 0.4) is 0 Å². The summed E-state index contributed by atoms with van der Waals surface area (Å²) in [6, 6.07) is 11.5. The van der Waals surface area contributed by atoms with Crippen molar-refractivity contribution < 1.29 is 8.78 Å². The van der Waals surface area contributed by atoms with E-state index in [-0.39, 0.29) is 13.0 Å². The van der Waals surface area contributed by atoms with Crippen molar-refractivity contribution in [1.82, 2.24) is 29.7 Å². The molecule has 7 nitrogen and oxygen atoms in total. The van der Waals surface area contributed by atoms with Crippen LogP contribution in [0.4, 0.5) is 20.4 Å². The highest BCUT2D eigenvalue weighted by atomic mass is 19.3. The van der Waals surface area contributed by atoms with E-state index in [1.165, 1.54) is 0 Å². The number of nitrogens with one attached hydrogen (secondary N) is 2. The number of benzene rings is 1. The van der Waals surface area contributed by atoms with Gasteiger partial charge in [0.1, 0.15) is 0 Å². The van der Waals surface area contributed by atoms with Gasteiger partial charge in [-0.15, -0.1) is 5.10 Å². The summed E-state index contributed by atoms with van der Waals surface area (Å²) in [4.78, 5) is 6.30. The molecule has 150 valence electrons. The van der Waals surface area contributed by atoms with Crippen molar-refractivity contribution in [3.8, 4) is 0 Å². The van der Waals surface area contributed by atoms with E-state index in [2.05, 4.69) is 25.6 Å². The van der Waals surface area contributed by atoms with E-state index in [4.69, 9.17) is 0 Å². The van der Waals surface area contributed by atoms with E-state index in [0.717, 1.165) is 28.0 Å². The summed E-state index contributed by atoms with van der Waals surface area (Å²) in [6.45, 7) is 2.81. The Balaban J connectivity index is 1.40. The Bertz CT molecular complexity index is 1180. The highest BCUT2D eigenvalue weighted by Gasteiger charge is 2.35. The molecule has 0 saturated carbocycles. The Hall–Kier alpha value is -3.07. The molecule has 1 aromatic carbocycles. The Morgan fingerprint density at radius 3 is 3.00 bits per heavy atom. The third-order valence-corrected chi connectivity index (χ3v) is 5.31. The van der Waals surface area contributed by atoms with E-state index >= 15 is 0 Å². The van der Waals surface area contributed by atoms with Gasteiger partial charge >= 0.3 is 0 Å². The minimum atomic E-state index is -2.62. The number of aryl methyl sites for hydroxylation is 1. The maximum absolute atomic E-state index is 13.7. The first-order chi connectivity index (χ1) is 14.0. The summed E-state index contributed by atoms with van der Waals surface area (Å²) < 4.78 is 29.2. The van der Waals surface area contributed by atoms with Crippen molar-refractivity contribution >= 4 is 28.2 Å². The first-order valence-corrected chi connectivity index (χ1v) is 9.63. The first-order valence-electron chi connectivity index (χ1n) is 9.63. The van der Waals surface area contributed by atoms with Gasteiger partial charge in [-0.2, -0.15) is 10.1 Å². The SMILES string of the molecule is Cc1n[nH]c2cc(Nc3nc4cccc(CN5CCCC(F)(F)C5)n4n3)ccc12. The third-order valence-electron chi connectivity index (χ3n) is 5.31. The van der Waals surface area contributed by atoms with Gasteiger partial charge in [0, 0.05) is 24.0 Å². The molecule has 4 heterocycles. The Labute approximate surface area is 165 Å². The Morgan fingerprint density at radius 2 is 2.14 bits per heavy atom. The maximum Gasteiger partial charge on any atom is 0.260 e. The minimum Gasteiger partial charge on any atom is -0.323 e. The number of rotatable bonds is 4. The van der Waals surface area contributed by atoms with Crippen LogP contribution in [0.25, 0.3) is 16.6 Å². The average Bonchev–Trinajstić information content (AvgIpc) is 3.25. The molecule has 1 aliphatic rings. The van der Waals surface area contributed by atoms with Gasteiger partial charge in [0.25, 0.3) is 5.92 Å². The number of H-pyrrole nitrogens is 1. The average molecular weight is 397 g/mol. The smallest absolute Gasteiger partial charge is 0.260 e. The molecule has 1 fully saturated rings. The second-order valence-electron chi connectivity index (χ2n) is 7.59. The molecule has 0 aliphatic carbocycles. The monoisotopic (exact) mass is 397 g/mol. The van der Waals surface area contributed by atoms with Crippen LogP contribution < -0.4 is 5.32 Å². The molecule has 0 bridgehead atoms. The van der Waals surface area contributed by atoms with Crippen LogP contribution in [0, 0.1) is 6.92 Å². The van der Waals surface area contributed by atoms with Gasteiger partial charge in [-0.3, -0.25) is 10.00 Å². The molecule has 4 aromatic rings. The fraction of sp³-hybridized carbons (Fsp3) is 0.350. The highest BCUT2D eigenvalue weighted by Crippen LogP contribution is 2.27. The fourth-order valence-corrected chi connectivity index (χ4v) is 3.91. The van der Waals surface area contributed by atoms with Crippen LogP contribution in [0.2, 0.25) is 0 Å². The number of halogens is 2. The molecule has 29 heavy (non-hydrogen) atoms. The first kappa shape index (κ1) is 18.0. The van der Waals surface area contributed by atoms with Crippen molar-refractivity contribution in [2.75, 3.05) is 18.4 Å². The normalized spacial score (nSPS) is 17.2. The van der Waals surface area contributed by atoms with Crippen LogP contribution in [0.15, 0.2) is 36.4 Å². The molecular formula is C20H21F2N7. The lowest BCUT2D eigenvalue weighted by Gasteiger charge is -2.32. The molecule has 9 heteroatoms. The van der Waals surface area contributed by atoms with Crippen LogP contribution in [0.1, 0.15) is 24.2 Å². The van der Waals surface area contributed by atoms with Crippen LogP contribution in [-0.2, 0) is 6.54 Å². The number of hydrogen-bond acceptors (Lipinski definition) is 5. The minimum absolute atomic E-state index is 0.0364. The molecule has 0 spiro atoms. The summed E-state index contributed by atoms with van der Waals surface area (Å²) in [6.07, 6.45) is 0.466. The van der Waals surface area contributed by atoms with Crippen LogP contribution in [-0.4, -0.2) is 48.7 Å². The molecule has 1 saturated heterocycles. The number of aromatic nitrogens is 5. The number of nitrogens with zero attached hydrogens (tertiary/aromatic N) is 5. The quantitative estimate of drug-likeness (QED) is 0.547. The number of fused-ring (bicyclic) bond motifs is 2. The number of hydrogen-bond donors (Lipinski definition) is 2. The van der Waals surface area contributed by atoms with Gasteiger partial charge < -0.3 is 5.32 Å². The van der Waals surface area contributed by atoms with Gasteiger partial charge in [0.15, 0.2) is 5.65 Å². The number of aromatic amines is 1. The van der Waals surface area contributed by atoms with Crippen LogP contribution in [0.5, 0.6) is 0 Å². The molecule has 0 unspecified atom stereocenters. The highest BCUT2D eigenvalue weighted by molar-refractivity contribution is 5.84. The van der Waals surface area contributed by atoms with Gasteiger partial charge in [-0.1, -0.05) is 6.07 Å². The summed E-state index contributed by atoms with van der Waals surface area (Å²) >= 11 is 0. The van der Waals surface area contributed by atoms with Crippen molar-refractivity contribution in [1.29, 1.82) is 0 Å². The molecule has 3 aromatic heterocycles. The summed E-state index contributed by atoms with van der Waals surface area (Å²) in [5, 5.41) is 16.0. The standard InChI is InChI=1S/C20H21F2N7/c1-13-16-7-6-14(10-17(16)26-25-13)23-19-24-18-5-2-4-15(29(18)27-19)11-28-9-3-8-20(21,22)12-28/h2,4-7,10H,3,8-9,11-12H2,1H3,(H,23,27)(H,25,26). The van der Waals surface area contributed by atoms with E-state index in [9.17, 15) is 8.78 Å². The van der Waals surface area contributed by atoms with Crippen LogP contribution >= 0.6 is 0 Å². The number of pyridine rings is 1. The van der Waals surface area contributed by atoms with Crippen molar-refractivity contribution in [2.45, 2.75) is 32.2 Å². The van der Waals surface area contributed by atoms with Gasteiger partial charge in [0.2, 0.25) is 5.95 Å². The van der Waals surface area contributed by atoms with Crippen molar-refractivity contribution in [3.63, 3.8) is 0 Å². The number of likely N-dealkylation sites (tertiary alicyclic amines) is 1. The second kappa shape index (κ2) is 6.77. The summed E-state index contributed by atoms with van der Waals surface area (Å²) in [7, 11) is 0. The van der Waals surface area contributed by atoms with Gasteiger partial charge in [-0.05, 0) is 50.2 Å². The maximum atomic E-state index is 13.7. The lowest BCUT2D eigenvalue weighted by atomic mass is 10.1. The zero-order valence-electron chi connectivity index (χ0n) is 16.0. The van der Waals surface area contributed by atoms with E-state index in [1.54, 1.807) is 9.42 Å². The number of piperidine rings is 1. The molecule has 0 atom stereocenters. The van der Waals surface area contributed by atoms with E-state index in [1.807, 2.05) is 43.3 Å². The largest absolute Gasteiger partial charge is 0.323 e. The molecule has 1 aliphatic heterocycles. The fourth-order valence-electron chi connectivity index (χ4n) is 3.91. The lowest BCUT2D eigenvalue weighted by Crippen LogP contribution is -2.42. The Morgan fingerprint density at radius 1 is 1.24 bits per heavy atom. The molecule has 0 amide bonds. The molecule has 0 radical (unpaired) electrons. The summed E-state index contributed by atoms with van der Waals surface area (Å²) in [5.41, 5.74) is 4.23. The predicted octanol–water partition coefficient (Wildman–Crippen LogP) is 3.89. The molecule has 5 rings (SSSR count). The van der Waals surface area contributed by atoms with E-state index in [0.29, 0.717) is 31.1 Å². The third kappa shape index (κ3) is 3.53. The van der Waals surface area contributed by atoms with Gasteiger partial charge in [-0.25, -0.2) is 13.3 Å². The topological polar surface area (TPSA) is 74.1 Å². The predicted molar refractivity (Wildman–Crippen MR) is 107 cm³/mol. The molecular weight excluding hydrogens is 376 g/mol. The van der Waals surface area contributed by atoms with Gasteiger partial charge in [0.05, 0.1) is 23.4 Å². The number of alkyl halides is 2. The molecule has 2 N–H and O–H groups in total. The lowest BCUT2D eigenvalue weighted by molar-refractivity contribution is -0.0664. The zero-order chi connectivity index (χ0) is 20.0. The Kier molecular flexibility index (Phi) is 4.20. The summed E-state index contributed by atoms with van der Waals surface area (Å²) in [5.74, 6) is -2.16.